The van der Waals surface area contributed by atoms with E-state index < -0.39 is 22.7 Å². The quantitative estimate of drug-likeness (QED) is 0.326. The van der Waals surface area contributed by atoms with Gasteiger partial charge in [-0.1, -0.05) is 18.5 Å². The molecule has 0 saturated carbocycles. The number of hydrogen-bond donors (Lipinski definition) is 1. The Hall–Kier alpha value is -3.71. The molecular weight excluding hydrogens is 519 g/mol. The minimum absolute atomic E-state index is 0.0711. The second kappa shape index (κ2) is 10.1. The first-order valence-corrected chi connectivity index (χ1v) is 11.6. The van der Waals surface area contributed by atoms with E-state index in [1.165, 1.54) is 12.5 Å². The Balaban J connectivity index is 1.43. The van der Waals surface area contributed by atoms with E-state index in [0.717, 1.165) is 17.5 Å². The van der Waals surface area contributed by atoms with Gasteiger partial charge in [-0.15, -0.1) is 11.3 Å². The minimum Gasteiger partial charge on any atom is -0.306 e. The Morgan fingerprint density at radius 3 is 2.61 bits per heavy atom. The van der Waals surface area contributed by atoms with Crippen LogP contribution >= 0.6 is 22.9 Å². The van der Waals surface area contributed by atoms with E-state index >= 15 is 0 Å². The zero-order valence-electron chi connectivity index (χ0n) is 18.7. The summed E-state index contributed by atoms with van der Waals surface area (Å²) in [6.07, 6.45) is 2.13. The zero-order valence-corrected chi connectivity index (χ0v) is 20.3. The highest BCUT2D eigenvalue weighted by Crippen LogP contribution is 2.35. The first-order chi connectivity index (χ1) is 17.0. The highest BCUT2D eigenvalue weighted by atomic mass is 35.5. The number of ketones is 1. The molecule has 186 valence electrons. The molecule has 0 bridgehead atoms. The lowest BCUT2D eigenvalue weighted by Gasteiger charge is -2.10. The number of imidazole rings is 1. The number of Topliss-reactive ketones (excluding diaryl/α,β-unsaturated/α-hetero) is 1. The molecule has 4 heterocycles. The van der Waals surface area contributed by atoms with Crippen LogP contribution in [-0.4, -0.2) is 41.2 Å². The summed E-state index contributed by atoms with van der Waals surface area (Å²) in [5.41, 5.74) is -0.883. The first-order valence-electron chi connectivity index (χ1n) is 10.4. The van der Waals surface area contributed by atoms with Crippen LogP contribution in [0, 0.1) is 6.92 Å². The van der Waals surface area contributed by atoms with E-state index in [1.807, 2.05) is 0 Å². The molecule has 0 aliphatic heterocycles. The number of alkyl halides is 3. The number of halogens is 4. The Kier molecular flexibility index (Phi) is 7.13. The van der Waals surface area contributed by atoms with Gasteiger partial charge in [-0.25, -0.2) is 24.9 Å². The molecule has 9 nitrogen and oxygen atoms in total. The number of thiazole rings is 1. The number of nitrogens with one attached hydrogen (secondary N) is 1. The molecule has 0 radical (unpaired) electrons. The van der Waals surface area contributed by atoms with Crippen LogP contribution in [0.4, 0.5) is 19.0 Å². The van der Waals surface area contributed by atoms with Crippen LogP contribution in [0.5, 0.6) is 0 Å². The molecule has 0 spiro atoms. The Bertz CT molecular complexity index is 1440. The van der Waals surface area contributed by atoms with Gasteiger partial charge >= 0.3 is 6.18 Å². The Morgan fingerprint density at radius 2 is 1.92 bits per heavy atom. The number of anilines is 1. The summed E-state index contributed by atoms with van der Waals surface area (Å²) >= 11 is 6.58. The van der Waals surface area contributed by atoms with Crippen molar-refractivity contribution in [1.29, 1.82) is 0 Å². The van der Waals surface area contributed by atoms with Crippen LogP contribution in [0.3, 0.4) is 0 Å². The fourth-order valence-corrected chi connectivity index (χ4v) is 4.32. The molecule has 36 heavy (non-hydrogen) atoms. The van der Waals surface area contributed by atoms with Gasteiger partial charge in [0, 0.05) is 37.0 Å². The van der Waals surface area contributed by atoms with Crippen LogP contribution in [0.2, 0.25) is 5.02 Å². The maximum absolute atomic E-state index is 13.0. The van der Waals surface area contributed by atoms with Crippen molar-refractivity contribution in [3.63, 3.8) is 0 Å². The fourth-order valence-electron chi connectivity index (χ4n) is 3.24. The summed E-state index contributed by atoms with van der Waals surface area (Å²) in [6.45, 7) is 3.58. The van der Waals surface area contributed by atoms with Crippen LogP contribution in [0.1, 0.15) is 55.8 Å². The third-order valence-corrected chi connectivity index (χ3v) is 6.60. The molecule has 0 aliphatic rings. The Labute approximate surface area is 211 Å². The van der Waals surface area contributed by atoms with Gasteiger partial charge < -0.3 is 5.32 Å². The van der Waals surface area contributed by atoms with Crippen LogP contribution in [0.15, 0.2) is 43.2 Å². The molecule has 0 aromatic carbocycles. The van der Waals surface area contributed by atoms with Crippen molar-refractivity contribution in [1.82, 2.24) is 29.5 Å². The highest BCUT2D eigenvalue weighted by molar-refractivity contribution is 7.13. The summed E-state index contributed by atoms with van der Waals surface area (Å²) in [5, 5.41) is 2.24. The van der Waals surface area contributed by atoms with Gasteiger partial charge in [-0.05, 0) is 13.0 Å². The molecule has 4 rings (SSSR count). The van der Waals surface area contributed by atoms with Gasteiger partial charge in [0.1, 0.15) is 34.4 Å². The standard InChI is InChI=1S/C22H17ClF3N7O2S/c1-11(5-16(34)15-7-19(31-10-30-15)33-4-3-27-12(33)2)21-29-9-17(36-21)20(35)32-18-6-13(22(24,25)26)14(23)8-28-18/h3-4,6-11H,5H2,1-2H3,(H,28,32,35). The van der Waals surface area contributed by atoms with E-state index in [0.29, 0.717) is 22.7 Å². The lowest BCUT2D eigenvalue weighted by molar-refractivity contribution is -0.137. The number of pyridine rings is 1. The van der Waals surface area contributed by atoms with Crippen LogP contribution in [-0.2, 0) is 6.18 Å². The van der Waals surface area contributed by atoms with Gasteiger partial charge in [-0.3, -0.25) is 14.2 Å². The predicted molar refractivity (Wildman–Crippen MR) is 126 cm³/mol. The normalized spacial score (nSPS) is 12.4. The molecule has 4 aromatic rings. The summed E-state index contributed by atoms with van der Waals surface area (Å²) in [5.74, 6) is -0.358. The number of amides is 1. The molecule has 1 amide bonds. The minimum atomic E-state index is -4.69. The number of carbonyl (C=O) groups excluding carboxylic acids is 2. The smallest absolute Gasteiger partial charge is 0.306 e. The van der Waals surface area contributed by atoms with E-state index in [-0.39, 0.29) is 34.5 Å². The van der Waals surface area contributed by atoms with Crippen molar-refractivity contribution in [2.45, 2.75) is 32.4 Å². The van der Waals surface area contributed by atoms with Gasteiger partial charge in [0.05, 0.1) is 21.8 Å². The van der Waals surface area contributed by atoms with E-state index in [4.69, 9.17) is 11.6 Å². The summed E-state index contributed by atoms with van der Waals surface area (Å²) in [4.78, 5) is 45.8. The van der Waals surface area contributed by atoms with Crippen molar-refractivity contribution in [2.75, 3.05) is 5.32 Å². The van der Waals surface area contributed by atoms with Crippen molar-refractivity contribution >= 4 is 40.4 Å². The second-order valence-electron chi connectivity index (χ2n) is 7.70. The number of aryl methyl sites for hydroxylation is 1. The molecule has 14 heteroatoms. The SMILES string of the molecule is Cc1nccn1-c1cc(C(=O)CC(C)c2ncc(C(=O)Nc3cc(C(F)(F)F)c(Cl)cn3)s2)ncn1. The third-order valence-electron chi connectivity index (χ3n) is 5.07. The van der Waals surface area contributed by atoms with Crippen LogP contribution in [0.25, 0.3) is 5.82 Å². The fraction of sp³-hybridized carbons (Fsp3) is 0.227. The monoisotopic (exact) mass is 535 g/mol. The molecule has 0 fully saturated rings. The average Bonchev–Trinajstić information content (AvgIpc) is 3.49. The van der Waals surface area contributed by atoms with E-state index in [9.17, 15) is 22.8 Å². The van der Waals surface area contributed by atoms with Gasteiger partial charge in [0.25, 0.3) is 5.91 Å². The van der Waals surface area contributed by atoms with E-state index in [2.05, 4.69) is 30.2 Å². The van der Waals surface area contributed by atoms with Crippen molar-refractivity contribution in [3.8, 4) is 5.82 Å². The molecule has 0 saturated heterocycles. The number of rotatable bonds is 7. The van der Waals surface area contributed by atoms with Gasteiger partial charge in [-0.2, -0.15) is 13.2 Å². The number of nitrogens with zero attached hydrogens (tertiary/aromatic N) is 6. The highest BCUT2D eigenvalue weighted by Gasteiger charge is 2.34. The third kappa shape index (κ3) is 5.57. The van der Waals surface area contributed by atoms with Crippen LogP contribution < -0.4 is 5.32 Å². The first kappa shape index (κ1) is 25.4. The van der Waals surface area contributed by atoms with Crippen molar-refractivity contribution in [3.05, 3.63) is 75.2 Å². The molecule has 1 N–H and O–H groups in total. The van der Waals surface area contributed by atoms with Gasteiger partial charge in [0.2, 0.25) is 0 Å². The lowest BCUT2D eigenvalue weighted by atomic mass is 10.0. The zero-order chi connectivity index (χ0) is 26.0. The summed E-state index contributed by atoms with van der Waals surface area (Å²) in [7, 11) is 0. The summed E-state index contributed by atoms with van der Waals surface area (Å²) in [6, 6.07) is 2.23. The van der Waals surface area contributed by atoms with Gasteiger partial charge in [0.15, 0.2) is 5.78 Å². The number of carbonyl (C=O) groups is 2. The maximum atomic E-state index is 13.0. The largest absolute Gasteiger partial charge is 0.418 e. The topological polar surface area (TPSA) is 116 Å². The molecule has 1 unspecified atom stereocenters. The molecular formula is C22H17ClF3N7O2S. The second-order valence-corrected chi connectivity index (χ2v) is 9.17. The average molecular weight is 536 g/mol. The number of aromatic nitrogens is 6. The molecule has 1 atom stereocenters. The maximum Gasteiger partial charge on any atom is 0.418 e. The van der Waals surface area contributed by atoms with Crippen molar-refractivity contribution in [2.24, 2.45) is 0 Å². The molecule has 4 aromatic heterocycles. The van der Waals surface area contributed by atoms with Crippen molar-refractivity contribution < 1.29 is 22.8 Å². The predicted octanol–water partition coefficient (Wildman–Crippen LogP) is 5.12. The number of hydrogen-bond acceptors (Lipinski definition) is 8. The summed E-state index contributed by atoms with van der Waals surface area (Å²) < 4.78 is 40.9. The van der Waals surface area contributed by atoms with E-state index in [1.54, 1.807) is 36.9 Å². The molecule has 0 aliphatic carbocycles. The lowest BCUT2D eigenvalue weighted by Crippen LogP contribution is -2.13. The Morgan fingerprint density at radius 1 is 1.14 bits per heavy atom.